The number of nitrogens with zero attached hydrogens (tertiary/aromatic N) is 2. The second-order valence-corrected chi connectivity index (χ2v) is 5.52. The highest BCUT2D eigenvalue weighted by molar-refractivity contribution is 9.10. The van der Waals surface area contributed by atoms with Crippen LogP contribution >= 0.6 is 15.9 Å². The highest BCUT2D eigenvalue weighted by Gasteiger charge is 2.30. The number of amidine groups is 1. The number of nitrogens with two attached hydrogens (primary N) is 1. The molecule has 0 aromatic heterocycles. The number of hydrogen-bond acceptors (Lipinski definition) is 3. The quantitative estimate of drug-likeness (QED) is 0.374. The fourth-order valence-corrected chi connectivity index (χ4v) is 2.72. The van der Waals surface area contributed by atoms with E-state index in [1.165, 1.54) is 18.2 Å². The van der Waals surface area contributed by atoms with Crippen molar-refractivity contribution in [3.05, 3.63) is 34.1 Å². The lowest BCUT2D eigenvalue weighted by atomic mass is 10.00. The van der Waals surface area contributed by atoms with Crippen molar-refractivity contribution in [2.45, 2.75) is 25.3 Å². The maximum Gasteiger partial charge on any atom is 0.254 e. The number of amides is 1. The van der Waals surface area contributed by atoms with Crippen molar-refractivity contribution in [2.24, 2.45) is 10.9 Å². The highest BCUT2D eigenvalue weighted by atomic mass is 79.9. The number of likely N-dealkylation sites (tertiary alicyclic amines) is 1. The molecule has 7 heteroatoms. The lowest BCUT2D eigenvalue weighted by molar-refractivity contribution is 0.0676. The maximum atomic E-state index is 13.2. The first-order valence-corrected chi connectivity index (χ1v) is 7.07. The predicted molar refractivity (Wildman–Crippen MR) is 76.2 cm³/mol. The summed E-state index contributed by atoms with van der Waals surface area (Å²) < 4.78 is 13.5. The number of oxime groups is 1. The van der Waals surface area contributed by atoms with Crippen molar-refractivity contribution < 1.29 is 14.4 Å². The number of carbonyl (C=O) groups excluding carboxylic acids is 1. The molecule has 108 valence electrons. The predicted octanol–water partition coefficient (Wildman–Crippen LogP) is 2.33. The standard InChI is InChI=1S/C13H15BrFN3O2/c14-9-7-8(4-5-10(9)15)13(19)18-6-2-1-3-11(18)12(16)17-20/h4-5,7,11,20H,1-3,6H2,(H2,16,17). The molecule has 0 aliphatic carbocycles. The molecule has 1 heterocycles. The number of carbonyl (C=O) groups is 1. The Morgan fingerprint density at radius 1 is 1.50 bits per heavy atom. The van der Waals surface area contributed by atoms with Gasteiger partial charge in [0.2, 0.25) is 0 Å². The third-order valence-electron chi connectivity index (χ3n) is 3.39. The first kappa shape index (κ1) is 14.8. The van der Waals surface area contributed by atoms with Crippen LogP contribution in [0.1, 0.15) is 29.6 Å². The molecular formula is C13H15BrFN3O2. The molecule has 0 bridgehead atoms. The Balaban J connectivity index is 2.27. The molecule has 1 saturated heterocycles. The van der Waals surface area contributed by atoms with E-state index in [1.807, 2.05) is 0 Å². The van der Waals surface area contributed by atoms with Gasteiger partial charge in [0.05, 0.1) is 10.5 Å². The smallest absolute Gasteiger partial charge is 0.254 e. The van der Waals surface area contributed by atoms with Crippen molar-refractivity contribution in [2.75, 3.05) is 6.54 Å². The summed E-state index contributed by atoms with van der Waals surface area (Å²) >= 11 is 3.06. The van der Waals surface area contributed by atoms with Gasteiger partial charge >= 0.3 is 0 Å². The van der Waals surface area contributed by atoms with Gasteiger partial charge in [0, 0.05) is 12.1 Å². The summed E-state index contributed by atoms with van der Waals surface area (Å²) in [6.45, 7) is 0.536. The van der Waals surface area contributed by atoms with Gasteiger partial charge in [0.25, 0.3) is 5.91 Å². The van der Waals surface area contributed by atoms with Gasteiger partial charge in [-0.2, -0.15) is 0 Å². The molecule has 5 nitrogen and oxygen atoms in total. The fraction of sp³-hybridized carbons (Fsp3) is 0.385. The van der Waals surface area contributed by atoms with Gasteiger partial charge < -0.3 is 15.8 Å². The zero-order chi connectivity index (χ0) is 14.7. The maximum absolute atomic E-state index is 13.2. The summed E-state index contributed by atoms with van der Waals surface area (Å²) in [5.41, 5.74) is 6.02. The van der Waals surface area contributed by atoms with Crippen LogP contribution in [0.2, 0.25) is 0 Å². The average molecular weight is 344 g/mol. The van der Waals surface area contributed by atoms with Crippen molar-refractivity contribution in [1.82, 2.24) is 4.90 Å². The third-order valence-corrected chi connectivity index (χ3v) is 3.99. The average Bonchev–Trinajstić information content (AvgIpc) is 2.48. The highest BCUT2D eigenvalue weighted by Crippen LogP contribution is 2.22. The van der Waals surface area contributed by atoms with E-state index in [1.54, 1.807) is 4.90 Å². The molecule has 3 N–H and O–H groups in total. The van der Waals surface area contributed by atoms with E-state index < -0.39 is 11.9 Å². The number of halogens is 2. The lowest BCUT2D eigenvalue weighted by Crippen LogP contribution is -2.50. The van der Waals surface area contributed by atoms with Crippen molar-refractivity contribution in [3.8, 4) is 0 Å². The van der Waals surface area contributed by atoms with Crippen molar-refractivity contribution in [3.63, 3.8) is 0 Å². The SMILES string of the molecule is N/C(=N/O)C1CCCCN1C(=O)c1ccc(F)c(Br)c1. The monoisotopic (exact) mass is 343 g/mol. The number of rotatable bonds is 2. The van der Waals surface area contributed by atoms with Gasteiger partial charge in [-0.05, 0) is 53.4 Å². The fourth-order valence-electron chi connectivity index (χ4n) is 2.34. The molecule has 1 fully saturated rings. The van der Waals surface area contributed by atoms with Crippen LogP contribution in [-0.4, -0.2) is 34.4 Å². The molecule has 1 amide bonds. The van der Waals surface area contributed by atoms with Crippen LogP contribution in [0.3, 0.4) is 0 Å². The largest absolute Gasteiger partial charge is 0.409 e. The first-order chi connectivity index (χ1) is 9.54. The van der Waals surface area contributed by atoms with Crippen LogP contribution in [0.15, 0.2) is 27.8 Å². The zero-order valence-corrected chi connectivity index (χ0v) is 12.3. The summed E-state index contributed by atoms with van der Waals surface area (Å²) in [5.74, 6) is -0.644. The summed E-state index contributed by atoms with van der Waals surface area (Å²) in [4.78, 5) is 14.1. The van der Waals surface area contributed by atoms with Crippen molar-refractivity contribution in [1.29, 1.82) is 0 Å². The van der Waals surface area contributed by atoms with Crippen molar-refractivity contribution >= 4 is 27.7 Å². The van der Waals surface area contributed by atoms with E-state index in [2.05, 4.69) is 21.1 Å². The van der Waals surface area contributed by atoms with Crippen LogP contribution in [0, 0.1) is 5.82 Å². The van der Waals surface area contributed by atoms with E-state index >= 15 is 0 Å². The lowest BCUT2D eigenvalue weighted by Gasteiger charge is -2.34. The van der Waals surface area contributed by atoms with Gasteiger partial charge in [-0.1, -0.05) is 5.16 Å². The Hall–Kier alpha value is -1.63. The van der Waals surface area contributed by atoms with Gasteiger partial charge in [-0.3, -0.25) is 4.79 Å². The number of piperidine rings is 1. The second-order valence-electron chi connectivity index (χ2n) is 4.66. The normalized spacial score (nSPS) is 20.0. The second kappa shape index (κ2) is 6.21. The molecule has 1 atom stereocenters. The van der Waals surface area contributed by atoms with Crippen LogP contribution in [0.4, 0.5) is 4.39 Å². The van der Waals surface area contributed by atoms with E-state index in [4.69, 9.17) is 10.9 Å². The molecule has 1 aromatic rings. The summed E-state index contributed by atoms with van der Waals surface area (Å²) in [5, 5.41) is 11.8. The molecule has 2 rings (SSSR count). The number of benzene rings is 1. The summed E-state index contributed by atoms with van der Waals surface area (Å²) in [6.07, 6.45) is 2.44. The molecule has 0 radical (unpaired) electrons. The zero-order valence-electron chi connectivity index (χ0n) is 10.7. The molecule has 0 saturated carbocycles. The Labute approximate surface area is 124 Å². The molecular weight excluding hydrogens is 329 g/mol. The summed E-state index contributed by atoms with van der Waals surface area (Å²) in [7, 11) is 0. The van der Waals surface area contributed by atoms with Crippen LogP contribution in [0.5, 0.6) is 0 Å². The molecule has 20 heavy (non-hydrogen) atoms. The van der Waals surface area contributed by atoms with Gasteiger partial charge in [-0.25, -0.2) is 4.39 Å². The van der Waals surface area contributed by atoms with E-state index in [0.29, 0.717) is 18.5 Å². The minimum atomic E-state index is -0.423. The van der Waals surface area contributed by atoms with Gasteiger partial charge in [0.15, 0.2) is 5.84 Å². The van der Waals surface area contributed by atoms with Gasteiger partial charge in [-0.15, -0.1) is 0 Å². The van der Waals surface area contributed by atoms with E-state index in [9.17, 15) is 9.18 Å². The van der Waals surface area contributed by atoms with Crippen LogP contribution in [0.25, 0.3) is 0 Å². The molecule has 1 aromatic carbocycles. The molecule has 1 aliphatic rings. The third kappa shape index (κ3) is 2.92. The van der Waals surface area contributed by atoms with E-state index in [-0.39, 0.29) is 16.2 Å². The molecule has 1 unspecified atom stereocenters. The Bertz CT molecular complexity index is 550. The van der Waals surface area contributed by atoms with Crippen LogP contribution in [-0.2, 0) is 0 Å². The first-order valence-electron chi connectivity index (χ1n) is 6.28. The minimum Gasteiger partial charge on any atom is -0.409 e. The Morgan fingerprint density at radius 2 is 2.25 bits per heavy atom. The minimum absolute atomic E-state index is 0.0271. The molecule has 1 aliphatic heterocycles. The number of hydrogen-bond donors (Lipinski definition) is 2. The summed E-state index contributed by atoms with van der Waals surface area (Å²) in [6, 6.07) is 3.69. The topological polar surface area (TPSA) is 78.9 Å². The Morgan fingerprint density at radius 3 is 2.90 bits per heavy atom. The Kier molecular flexibility index (Phi) is 4.59. The van der Waals surface area contributed by atoms with E-state index in [0.717, 1.165) is 12.8 Å². The van der Waals surface area contributed by atoms with Crippen LogP contribution < -0.4 is 5.73 Å². The molecule has 0 spiro atoms. The van der Waals surface area contributed by atoms with Gasteiger partial charge in [0.1, 0.15) is 5.82 Å².